The lowest BCUT2D eigenvalue weighted by Crippen LogP contribution is -1.97. The summed E-state index contributed by atoms with van der Waals surface area (Å²) in [5, 5.41) is 19.0. The van der Waals surface area contributed by atoms with Crippen molar-refractivity contribution in [1.29, 1.82) is 0 Å². The van der Waals surface area contributed by atoms with Gasteiger partial charge in [0.15, 0.2) is 0 Å². The van der Waals surface area contributed by atoms with Gasteiger partial charge in [-0.2, -0.15) is 0 Å². The van der Waals surface area contributed by atoms with E-state index in [2.05, 4.69) is 15.5 Å². The predicted octanol–water partition coefficient (Wildman–Crippen LogP) is -0.388. The minimum Gasteiger partial charge on any atom is -0.392 e. The SMILES string of the molecule is OC/C=C/CCn1cnnn1. The third-order valence-corrected chi connectivity index (χ3v) is 1.19. The van der Waals surface area contributed by atoms with Gasteiger partial charge < -0.3 is 5.11 Å². The Kier molecular flexibility index (Phi) is 3.27. The normalized spacial score (nSPS) is 11.0. The molecule has 0 saturated carbocycles. The molecule has 0 radical (unpaired) electrons. The topological polar surface area (TPSA) is 63.8 Å². The number of aryl methyl sites for hydroxylation is 1. The van der Waals surface area contributed by atoms with Gasteiger partial charge in [0, 0.05) is 6.54 Å². The maximum Gasteiger partial charge on any atom is 0.138 e. The summed E-state index contributed by atoms with van der Waals surface area (Å²) in [7, 11) is 0. The zero-order chi connectivity index (χ0) is 7.94. The molecule has 60 valence electrons. The van der Waals surface area contributed by atoms with E-state index in [1.807, 2.05) is 6.08 Å². The molecule has 0 bridgehead atoms. The lowest BCUT2D eigenvalue weighted by atomic mass is 10.4. The molecule has 0 unspecified atom stereocenters. The molecule has 0 amide bonds. The number of allylic oxidation sites excluding steroid dienone is 1. The smallest absolute Gasteiger partial charge is 0.138 e. The number of hydrogen-bond donors (Lipinski definition) is 1. The van der Waals surface area contributed by atoms with Crippen molar-refractivity contribution in [2.24, 2.45) is 0 Å². The minimum absolute atomic E-state index is 0.0929. The van der Waals surface area contributed by atoms with Gasteiger partial charge in [0.05, 0.1) is 6.61 Å². The van der Waals surface area contributed by atoms with Gasteiger partial charge in [-0.05, 0) is 16.8 Å². The van der Waals surface area contributed by atoms with E-state index in [4.69, 9.17) is 5.11 Å². The summed E-state index contributed by atoms with van der Waals surface area (Å²) in [6.07, 6.45) is 5.99. The Labute approximate surface area is 64.3 Å². The van der Waals surface area contributed by atoms with E-state index in [1.54, 1.807) is 17.1 Å². The molecule has 0 saturated heterocycles. The number of aliphatic hydroxyl groups excluding tert-OH is 1. The Hall–Kier alpha value is -1.23. The maximum atomic E-state index is 8.39. The number of nitrogens with zero attached hydrogens (tertiary/aromatic N) is 4. The fourth-order valence-electron chi connectivity index (χ4n) is 0.682. The molecule has 11 heavy (non-hydrogen) atoms. The molecule has 1 aromatic rings. The molecule has 5 nitrogen and oxygen atoms in total. The van der Waals surface area contributed by atoms with E-state index >= 15 is 0 Å². The molecule has 0 aliphatic carbocycles. The number of tetrazole rings is 1. The molecule has 0 aliphatic rings. The van der Waals surface area contributed by atoms with Gasteiger partial charge in [0.2, 0.25) is 0 Å². The molecule has 0 aliphatic heterocycles. The van der Waals surface area contributed by atoms with Crippen LogP contribution in [0.1, 0.15) is 6.42 Å². The van der Waals surface area contributed by atoms with Crippen LogP contribution >= 0.6 is 0 Å². The molecule has 0 spiro atoms. The fraction of sp³-hybridized carbons (Fsp3) is 0.500. The first-order valence-electron chi connectivity index (χ1n) is 3.40. The van der Waals surface area contributed by atoms with Gasteiger partial charge in [-0.1, -0.05) is 12.2 Å². The van der Waals surface area contributed by atoms with Gasteiger partial charge in [-0.3, -0.25) is 0 Å². The van der Waals surface area contributed by atoms with Crippen molar-refractivity contribution in [3.8, 4) is 0 Å². The van der Waals surface area contributed by atoms with Crippen LogP contribution in [0.2, 0.25) is 0 Å². The Bertz CT molecular complexity index is 206. The van der Waals surface area contributed by atoms with Crippen molar-refractivity contribution in [2.45, 2.75) is 13.0 Å². The van der Waals surface area contributed by atoms with E-state index in [0.717, 1.165) is 13.0 Å². The minimum atomic E-state index is 0.0929. The molecule has 5 heteroatoms. The molecule has 1 aromatic heterocycles. The molecular weight excluding hydrogens is 144 g/mol. The summed E-state index contributed by atoms with van der Waals surface area (Å²) >= 11 is 0. The van der Waals surface area contributed by atoms with Crippen molar-refractivity contribution in [1.82, 2.24) is 20.2 Å². The number of aliphatic hydroxyl groups is 1. The summed E-state index contributed by atoms with van der Waals surface area (Å²) in [6.45, 7) is 0.846. The zero-order valence-electron chi connectivity index (χ0n) is 6.09. The van der Waals surface area contributed by atoms with E-state index in [-0.39, 0.29) is 6.61 Å². The predicted molar refractivity (Wildman–Crippen MR) is 38.7 cm³/mol. The Balaban J connectivity index is 2.19. The van der Waals surface area contributed by atoms with Gasteiger partial charge in [0.25, 0.3) is 0 Å². The fourth-order valence-corrected chi connectivity index (χ4v) is 0.682. The molecule has 1 rings (SSSR count). The highest BCUT2D eigenvalue weighted by atomic mass is 16.2. The third kappa shape index (κ3) is 2.90. The second-order valence-corrected chi connectivity index (χ2v) is 2.02. The maximum absolute atomic E-state index is 8.39. The van der Waals surface area contributed by atoms with Crippen LogP contribution in [-0.4, -0.2) is 31.9 Å². The molecule has 0 fully saturated rings. The van der Waals surface area contributed by atoms with E-state index in [0.29, 0.717) is 0 Å². The highest BCUT2D eigenvalue weighted by Gasteiger charge is 1.87. The van der Waals surface area contributed by atoms with Gasteiger partial charge in [0.1, 0.15) is 6.33 Å². The standard InChI is InChI=1S/C6H10N4O/c11-5-3-1-2-4-10-6-7-8-9-10/h1,3,6,11H,2,4-5H2/b3-1+. The Morgan fingerprint density at radius 3 is 3.00 bits per heavy atom. The van der Waals surface area contributed by atoms with Gasteiger partial charge >= 0.3 is 0 Å². The quantitative estimate of drug-likeness (QED) is 0.600. The van der Waals surface area contributed by atoms with Crippen LogP contribution in [0.25, 0.3) is 0 Å². The van der Waals surface area contributed by atoms with Crippen molar-refractivity contribution < 1.29 is 5.11 Å². The lowest BCUT2D eigenvalue weighted by molar-refractivity contribution is 0.342. The number of aromatic nitrogens is 4. The first kappa shape index (κ1) is 7.87. The average molecular weight is 154 g/mol. The van der Waals surface area contributed by atoms with Crippen LogP contribution < -0.4 is 0 Å². The van der Waals surface area contributed by atoms with Crippen LogP contribution in [-0.2, 0) is 6.54 Å². The monoisotopic (exact) mass is 154 g/mol. The first-order valence-corrected chi connectivity index (χ1v) is 3.40. The average Bonchev–Trinajstić information content (AvgIpc) is 2.50. The highest BCUT2D eigenvalue weighted by Crippen LogP contribution is 1.86. The van der Waals surface area contributed by atoms with Crippen LogP contribution in [0.15, 0.2) is 18.5 Å². The first-order chi connectivity index (χ1) is 5.43. The summed E-state index contributed by atoms with van der Waals surface area (Å²) in [5.74, 6) is 0. The molecule has 1 N–H and O–H groups in total. The van der Waals surface area contributed by atoms with Crippen molar-refractivity contribution in [3.05, 3.63) is 18.5 Å². The summed E-state index contributed by atoms with van der Waals surface area (Å²) in [6, 6.07) is 0. The number of rotatable bonds is 4. The second kappa shape index (κ2) is 4.56. The molecule has 1 heterocycles. The zero-order valence-corrected chi connectivity index (χ0v) is 6.09. The van der Waals surface area contributed by atoms with Crippen LogP contribution in [0, 0.1) is 0 Å². The molecular formula is C6H10N4O. The van der Waals surface area contributed by atoms with Crippen molar-refractivity contribution >= 4 is 0 Å². The second-order valence-electron chi connectivity index (χ2n) is 2.02. The lowest BCUT2D eigenvalue weighted by Gasteiger charge is -1.91. The third-order valence-electron chi connectivity index (χ3n) is 1.19. The van der Waals surface area contributed by atoms with Gasteiger partial charge in [-0.15, -0.1) is 5.10 Å². The number of hydrogen-bond acceptors (Lipinski definition) is 4. The van der Waals surface area contributed by atoms with Crippen molar-refractivity contribution in [3.63, 3.8) is 0 Å². The summed E-state index contributed by atoms with van der Waals surface area (Å²) < 4.78 is 1.64. The summed E-state index contributed by atoms with van der Waals surface area (Å²) in [5.41, 5.74) is 0. The van der Waals surface area contributed by atoms with Crippen LogP contribution in [0.4, 0.5) is 0 Å². The molecule has 0 aromatic carbocycles. The van der Waals surface area contributed by atoms with Crippen LogP contribution in [0.5, 0.6) is 0 Å². The van der Waals surface area contributed by atoms with E-state index in [1.165, 1.54) is 0 Å². The van der Waals surface area contributed by atoms with E-state index in [9.17, 15) is 0 Å². The largest absolute Gasteiger partial charge is 0.392 e. The van der Waals surface area contributed by atoms with Crippen molar-refractivity contribution in [2.75, 3.05) is 6.61 Å². The highest BCUT2D eigenvalue weighted by molar-refractivity contribution is 4.80. The van der Waals surface area contributed by atoms with Gasteiger partial charge in [-0.25, -0.2) is 4.68 Å². The van der Waals surface area contributed by atoms with Crippen LogP contribution in [0.3, 0.4) is 0 Å². The molecule has 0 atom stereocenters. The summed E-state index contributed by atoms with van der Waals surface area (Å²) in [4.78, 5) is 0. The van der Waals surface area contributed by atoms with E-state index < -0.39 is 0 Å². The Morgan fingerprint density at radius 2 is 2.36 bits per heavy atom. The Morgan fingerprint density at radius 1 is 1.45 bits per heavy atom.